The van der Waals surface area contributed by atoms with Crippen molar-refractivity contribution in [3.63, 3.8) is 0 Å². The van der Waals surface area contributed by atoms with Crippen LogP contribution in [0, 0.1) is 16.0 Å². The minimum Gasteiger partial charge on any atom is -0.494 e. The lowest BCUT2D eigenvalue weighted by atomic mass is 9.95. The van der Waals surface area contributed by atoms with Gasteiger partial charge in [-0.1, -0.05) is 0 Å². The largest absolute Gasteiger partial charge is 0.494 e. The van der Waals surface area contributed by atoms with Crippen LogP contribution < -0.4 is 10.1 Å². The first-order chi connectivity index (χ1) is 13.0. The van der Waals surface area contributed by atoms with Gasteiger partial charge in [-0.2, -0.15) is 0 Å². The number of nitrogens with one attached hydrogen (secondary N) is 1. The summed E-state index contributed by atoms with van der Waals surface area (Å²) in [6.07, 6.45) is 2.49. The fourth-order valence-electron chi connectivity index (χ4n) is 3.03. The van der Waals surface area contributed by atoms with Crippen molar-refractivity contribution in [1.82, 2.24) is 4.90 Å². The van der Waals surface area contributed by atoms with Crippen molar-refractivity contribution in [1.29, 1.82) is 0 Å². The molecule has 1 saturated heterocycles. The summed E-state index contributed by atoms with van der Waals surface area (Å²) in [5.74, 6) is -0.134. The average molecular weight is 373 g/mol. The first-order valence-electron chi connectivity index (χ1n) is 8.45. The third-order valence-electron chi connectivity index (χ3n) is 4.54. The number of methoxy groups -OCH3 is 1. The first-order valence-corrected chi connectivity index (χ1v) is 8.45. The number of benzene rings is 1. The lowest BCUT2D eigenvalue weighted by molar-refractivity contribution is -0.384. The van der Waals surface area contributed by atoms with Crippen LogP contribution in [-0.4, -0.2) is 41.8 Å². The molecule has 1 aromatic heterocycles. The summed E-state index contributed by atoms with van der Waals surface area (Å²) in [6.45, 7) is 0.907. The van der Waals surface area contributed by atoms with Gasteiger partial charge in [0.05, 0.1) is 30.1 Å². The second kappa shape index (κ2) is 7.90. The Morgan fingerprint density at radius 1 is 1.30 bits per heavy atom. The molecule has 1 fully saturated rings. The third kappa shape index (κ3) is 4.08. The zero-order valence-electron chi connectivity index (χ0n) is 14.7. The van der Waals surface area contributed by atoms with Gasteiger partial charge in [-0.25, -0.2) is 0 Å². The van der Waals surface area contributed by atoms with Crippen molar-refractivity contribution in [3.8, 4) is 5.75 Å². The highest BCUT2D eigenvalue weighted by Crippen LogP contribution is 2.30. The van der Waals surface area contributed by atoms with Crippen LogP contribution in [0.25, 0.3) is 0 Å². The number of nitrogens with zero attached hydrogens (tertiary/aromatic N) is 2. The summed E-state index contributed by atoms with van der Waals surface area (Å²) in [5, 5.41) is 13.6. The average Bonchev–Trinajstić information content (AvgIpc) is 3.22. The molecule has 142 valence electrons. The number of carbonyl (C=O) groups is 2. The zero-order valence-corrected chi connectivity index (χ0v) is 14.7. The summed E-state index contributed by atoms with van der Waals surface area (Å²) in [7, 11) is 1.38. The van der Waals surface area contributed by atoms with E-state index in [1.807, 2.05) is 0 Å². The molecule has 0 unspecified atom stereocenters. The molecule has 9 heteroatoms. The van der Waals surface area contributed by atoms with Gasteiger partial charge in [-0.3, -0.25) is 19.7 Å². The van der Waals surface area contributed by atoms with E-state index in [-0.39, 0.29) is 34.9 Å². The van der Waals surface area contributed by atoms with Crippen molar-refractivity contribution < 1.29 is 23.7 Å². The molecule has 0 atom stereocenters. The second-order valence-corrected chi connectivity index (χ2v) is 6.17. The van der Waals surface area contributed by atoms with Gasteiger partial charge in [0.1, 0.15) is 5.75 Å². The fourth-order valence-corrected chi connectivity index (χ4v) is 3.03. The number of rotatable bonds is 5. The van der Waals surface area contributed by atoms with Crippen LogP contribution in [0.4, 0.5) is 11.4 Å². The smallest absolute Gasteiger partial charge is 0.289 e. The molecular formula is C18H19N3O6. The van der Waals surface area contributed by atoms with E-state index in [1.165, 1.54) is 31.6 Å². The number of nitro groups is 1. The van der Waals surface area contributed by atoms with Gasteiger partial charge in [0, 0.05) is 25.1 Å². The molecule has 0 radical (unpaired) electrons. The molecule has 1 aliphatic rings. The first kappa shape index (κ1) is 18.4. The summed E-state index contributed by atoms with van der Waals surface area (Å²) < 4.78 is 10.3. The molecule has 2 amide bonds. The molecule has 1 N–H and O–H groups in total. The minimum absolute atomic E-state index is 0.116. The minimum atomic E-state index is -0.528. The maximum atomic E-state index is 12.5. The lowest BCUT2D eigenvalue weighted by Gasteiger charge is -2.30. The molecule has 2 heterocycles. The van der Waals surface area contributed by atoms with Gasteiger partial charge in [0.15, 0.2) is 5.76 Å². The van der Waals surface area contributed by atoms with Crippen molar-refractivity contribution in [2.75, 3.05) is 25.5 Å². The van der Waals surface area contributed by atoms with E-state index in [0.29, 0.717) is 31.6 Å². The molecule has 2 aromatic rings. The highest BCUT2D eigenvalue weighted by molar-refractivity contribution is 5.95. The number of nitro benzene ring substituents is 1. The highest BCUT2D eigenvalue weighted by Gasteiger charge is 2.29. The predicted molar refractivity (Wildman–Crippen MR) is 95.6 cm³/mol. The molecule has 0 spiro atoms. The van der Waals surface area contributed by atoms with Gasteiger partial charge >= 0.3 is 0 Å². The molecule has 3 rings (SSSR count). The Morgan fingerprint density at radius 3 is 2.63 bits per heavy atom. The zero-order chi connectivity index (χ0) is 19.4. The number of piperidine rings is 1. The van der Waals surface area contributed by atoms with E-state index in [1.54, 1.807) is 17.0 Å². The van der Waals surface area contributed by atoms with E-state index in [0.717, 1.165) is 0 Å². The number of hydrogen-bond donors (Lipinski definition) is 1. The Labute approximate surface area is 155 Å². The van der Waals surface area contributed by atoms with Gasteiger partial charge in [-0.15, -0.1) is 0 Å². The molecule has 27 heavy (non-hydrogen) atoms. The van der Waals surface area contributed by atoms with Crippen LogP contribution in [0.1, 0.15) is 23.4 Å². The normalized spacial score (nSPS) is 14.6. The number of non-ortho nitro benzene ring substituents is 1. The maximum Gasteiger partial charge on any atom is 0.289 e. The van der Waals surface area contributed by atoms with Crippen molar-refractivity contribution >= 4 is 23.2 Å². The molecule has 0 bridgehead atoms. The molecule has 9 nitrogen and oxygen atoms in total. The van der Waals surface area contributed by atoms with E-state index >= 15 is 0 Å². The highest BCUT2D eigenvalue weighted by atomic mass is 16.6. The summed E-state index contributed by atoms with van der Waals surface area (Å²) >= 11 is 0. The van der Waals surface area contributed by atoms with Crippen molar-refractivity contribution in [2.24, 2.45) is 5.92 Å². The Kier molecular flexibility index (Phi) is 5.39. The van der Waals surface area contributed by atoms with Gasteiger partial charge in [-0.05, 0) is 31.0 Å². The third-order valence-corrected chi connectivity index (χ3v) is 4.54. The Bertz CT molecular complexity index is 841. The number of hydrogen-bond acceptors (Lipinski definition) is 6. The Hall–Kier alpha value is -3.36. The lowest BCUT2D eigenvalue weighted by Crippen LogP contribution is -2.41. The van der Waals surface area contributed by atoms with E-state index in [4.69, 9.17) is 9.15 Å². The van der Waals surface area contributed by atoms with E-state index in [2.05, 4.69) is 5.32 Å². The molecule has 1 aromatic carbocycles. The van der Waals surface area contributed by atoms with Crippen molar-refractivity contribution in [3.05, 3.63) is 52.5 Å². The number of carbonyl (C=O) groups excluding carboxylic acids is 2. The predicted octanol–water partition coefficient (Wildman–Crippen LogP) is 2.69. The second-order valence-electron chi connectivity index (χ2n) is 6.17. The SMILES string of the molecule is COc1cc([N+](=O)[O-])ccc1NC(=O)C1CCN(C(=O)c2ccco2)CC1. The van der Waals surface area contributed by atoms with E-state index in [9.17, 15) is 19.7 Å². The fraction of sp³-hybridized carbons (Fsp3) is 0.333. The van der Waals surface area contributed by atoms with Crippen LogP contribution in [0.5, 0.6) is 5.75 Å². The molecule has 0 saturated carbocycles. The van der Waals surface area contributed by atoms with Crippen LogP contribution in [0.3, 0.4) is 0 Å². The van der Waals surface area contributed by atoms with E-state index < -0.39 is 4.92 Å². The molecule has 1 aliphatic heterocycles. The summed E-state index contributed by atoms with van der Waals surface area (Å²) in [6, 6.07) is 7.29. The summed E-state index contributed by atoms with van der Waals surface area (Å²) in [4.78, 5) is 36.8. The van der Waals surface area contributed by atoms with Crippen LogP contribution >= 0.6 is 0 Å². The standard InChI is InChI=1S/C18H19N3O6/c1-26-16-11-13(21(24)25)4-5-14(16)19-17(22)12-6-8-20(9-7-12)18(23)15-3-2-10-27-15/h2-5,10-12H,6-9H2,1H3,(H,19,22). The Morgan fingerprint density at radius 2 is 2.04 bits per heavy atom. The molecule has 0 aliphatic carbocycles. The number of amides is 2. The van der Waals surface area contributed by atoms with Crippen molar-refractivity contribution in [2.45, 2.75) is 12.8 Å². The molecular weight excluding hydrogens is 354 g/mol. The number of furan rings is 1. The number of ether oxygens (including phenoxy) is 1. The van der Waals surface area contributed by atoms with Gasteiger partial charge < -0.3 is 19.4 Å². The van der Waals surface area contributed by atoms with Gasteiger partial charge in [0.2, 0.25) is 5.91 Å². The number of likely N-dealkylation sites (tertiary alicyclic amines) is 1. The number of anilines is 1. The Balaban J connectivity index is 1.60. The maximum absolute atomic E-state index is 12.5. The van der Waals surface area contributed by atoms with Crippen LogP contribution in [-0.2, 0) is 4.79 Å². The van der Waals surface area contributed by atoms with Crippen LogP contribution in [0.2, 0.25) is 0 Å². The monoisotopic (exact) mass is 373 g/mol. The van der Waals surface area contributed by atoms with Crippen LogP contribution in [0.15, 0.2) is 41.0 Å². The quantitative estimate of drug-likeness (QED) is 0.636. The summed E-state index contributed by atoms with van der Waals surface area (Å²) in [5.41, 5.74) is 0.261. The topological polar surface area (TPSA) is 115 Å². The van der Waals surface area contributed by atoms with Gasteiger partial charge in [0.25, 0.3) is 11.6 Å².